The third-order valence-electron chi connectivity index (χ3n) is 5.33. The van der Waals surface area contributed by atoms with Gasteiger partial charge < -0.3 is 9.88 Å². The van der Waals surface area contributed by atoms with Gasteiger partial charge in [0.2, 0.25) is 0 Å². The van der Waals surface area contributed by atoms with Crippen molar-refractivity contribution in [3.8, 4) is 0 Å². The summed E-state index contributed by atoms with van der Waals surface area (Å²) in [5, 5.41) is 2.69. The molecule has 176 valence electrons. The summed E-state index contributed by atoms with van der Waals surface area (Å²) in [6, 6.07) is 4.27. The van der Waals surface area contributed by atoms with Crippen LogP contribution in [0.1, 0.15) is 17.2 Å². The Morgan fingerprint density at radius 2 is 1.85 bits per heavy atom. The summed E-state index contributed by atoms with van der Waals surface area (Å²) in [6.45, 7) is -0.191. The maximum Gasteiger partial charge on any atom is 0.419 e. The van der Waals surface area contributed by atoms with Crippen LogP contribution in [0.3, 0.4) is 0 Å². The monoisotopic (exact) mass is 487 g/mol. The van der Waals surface area contributed by atoms with E-state index in [-0.39, 0.29) is 23.8 Å². The number of sulfonamides is 1. The number of aryl methyl sites for hydroxylation is 1. The standard InChI is InChI=1S/C20H18F5N5O2S/c1-29-10-19(27-11-29)33(31,32)30-8-14(17-5-2-12(21)7-26-17)18(9-30)28-13-3-4-16(22)15(6-13)20(23,24)25/h2-7,10-11,14,18,28H,8-9H2,1H3. The summed E-state index contributed by atoms with van der Waals surface area (Å²) in [5.74, 6) is -2.63. The highest BCUT2D eigenvalue weighted by Gasteiger charge is 2.42. The number of hydrogen-bond donors (Lipinski definition) is 1. The van der Waals surface area contributed by atoms with Crippen molar-refractivity contribution in [1.82, 2.24) is 18.8 Å². The van der Waals surface area contributed by atoms with Gasteiger partial charge in [0.05, 0.1) is 18.1 Å². The van der Waals surface area contributed by atoms with E-state index in [1.165, 1.54) is 23.2 Å². The second-order valence-electron chi connectivity index (χ2n) is 7.65. The molecule has 0 amide bonds. The lowest BCUT2D eigenvalue weighted by molar-refractivity contribution is -0.139. The van der Waals surface area contributed by atoms with Crippen LogP contribution in [0, 0.1) is 11.6 Å². The molecule has 1 fully saturated rings. The Hall–Kier alpha value is -3.06. The second-order valence-corrected chi connectivity index (χ2v) is 9.54. The molecular weight excluding hydrogens is 469 g/mol. The zero-order chi connectivity index (χ0) is 24.0. The normalized spacial score (nSPS) is 19.7. The maximum absolute atomic E-state index is 13.7. The van der Waals surface area contributed by atoms with Crippen LogP contribution < -0.4 is 5.32 Å². The van der Waals surface area contributed by atoms with Gasteiger partial charge in [0.15, 0.2) is 5.03 Å². The molecule has 7 nitrogen and oxygen atoms in total. The van der Waals surface area contributed by atoms with Crippen LogP contribution >= 0.6 is 0 Å². The van der Waals surface area contributed by atoms with E-state index in [1.54, 1.807) is 7.05 Å². The van der Waals surface area contributed by atoms with Crippen molar-refractivity contribution in [2.24, 2.45) is 7.05 Å². The fourth-order valence-corrected chi connectivity index (χ4v) is 5.18. The zero-order valence-electron chi connectivity index (χ0n) is 17.1. The molecular formula is C20H18F5N5O2S. The maximum atomic E-state index is 13.7. The highest BCUT2D eigenvalue weighted by molar-refractivity contribution is 7.89. The van der Waals surface area contributed by atoms with Gasteiger partial charge in [0, 0.05) is 49.7 Å². The number of benzene rings is 1. The molecule has 1 aliphatic rings. The van der Waals surface area contributed by atoms with Crippen LogP contribution in [0.15, 0.2) is 54.1 Å². The van der Waals surface area contributed by atoms with Crippen molar-refractivity contribution in [2.45, 2.75) is 23.2 Å². The van der Waals surface area contributed by atoms with E-state index in [1.807, 2.05) is 0 Å². The summed E-state index contributed by atoms with van der Waals surface area (Å²) >= 11 is 0. The SMILES string of the molecule is Cn1cnc(S(=O)(=O)N2CC(Nc3ccc(F)c(C(F)(F)F)c3)C(c3ccc(F)cn3)C2)c1. The Kier molecular flexibility index (Phi) is 5.86. The van der Waals surface area contributed by atoms with Gasteiger partial charge in [-0.3, -0.25) is 4.98 Å². The minimum Gasteiger partial charge on any atom is -0.380 e. The average molecular weight is 487 g/mol. The summed E-state index contributed by atoms with van der Waals surface area (Å²) in [5.41, 5.74) is -1.14. The van der Waals surface area contributed by atoms with Crippen molar-refractivity contribution >= 4 is 15.7 Å². The van der Waals surface area contributed by atoms with Crippen LogP contribution in [0.2, 0.25) is 0 Å². The lowest BCUT2D eigenvalue weighted by Gasteiger charge is -2.21. The number of imidazole rings is 1. The molecule has 1 N–H and O–H groups in total. The number of halogens is 5. The number of pyridine rings is 1. The molecule has 13 heteroatoms. The van der Waals surface area contributed by atoms with Gasteiger partial charge in [-0.2, -0.15) is 17.5 Å². The average Bonchev–Trinajstić information content (AvgIpc) is 3.36. The highest BCUT2D eigenvalue weighted by Crippen LogP contribution is 2.36. The summed E-state index contributed by atoms with van der Waals surface area (Å²) in [7, 11) is -2.40. The van der Waals surface area contributed by atoms with Gasteiger partial charge in [-0.15, -0.1) is 0 Å². The van der Waals surface area contributed by atoms with Gasteiger partial charge in [-0.1, -0.05) is 0 Å². The Balaban J connectivity index is 1.67. The Morgan fingerprint density at radius 1 is 1.09 bits per heavy atom. The number of aromatic nitrogens is 3. The third-order valence-corrected chi connectivity index (χ3v) is 7.04. The fraction of sp³-hybridized carbons (Fsp3) is 0.300. The molecule has 2 unspecified atom stereocenters. The van der Waals surface area contributed by atoms with E-state index < -0.39 is 45.4 Å². The molecule has 0 saturated carbocycles. The number of hydrogen-bond acceptors (Lipinski definition) is 5. The molecule has 1 aromatic carbocycles. The quantitative estimate of drug-likeness (QED) is 0.559. The topological polar surface area (TPSA) is 80.1 Å². The Bertz CT molecular complexity index is 1260. The summed E-state index contributed by atoms with van der Waals surface area (Å²) in [4.78, 5) is 7.90. The predicted octanol–water partition coefficient (Wildman–Crippen LogP) is 3.38. The van der Waals surface area contributed by atoms with E-state index in [2.05, 4.69) is 15.3 Å². The molecule has 2 atom stereocenters. The first-order valence-electron chi connectivity index (χ1n) is 9.68. The number of rotatable bonds is 5. The van der Waals surface area contributed by atoms with Gasteiger partial charge in [-0.05, 0) is 30.3 Å². The fourth-order valence-electron chi connectivity index (χ4n) is 3.72. The minimum atomic E-state index is -4.90. The van der Waals surface area contributed by atoms with E-state index in [9.17, 15) is 30.4 Å². The van der Waals surface area contributed by atoms with Gasteiger partial charge in [0.1, 0.15) is 11.6 Å². The molecule has 0 bridgehead atoms. The first kappa shape index (κ1) is 23.1. The number of alkyl halides is 3. The minimum absolute atomic E-state index is 0.0436. The molecule has 1 aliphatic heterocycles. The molecule has 4 rings (SSSR count). The molecule has 0 spiro atoms. The van der Waals surface area contributed by atoms with E-state index in [4.69, 9.17) is 0 Å². The molecule has 3 aromatic rings. The lowest BCUT2D eigenvalue weighted by Crippen LogP contribution is -2.32. The molecule has 33 heavy (non-hydrogen) atoms. The smallest absolute Gasteiger partial charge is 0.380 e. The van der Waals surface area contributed by atoms with E-state index in [0.717, 1.165) is 22.6 Å². The lowest BCUT2D eigenvalue weighted by atomic mass is 9.98. The first-order chi connectivity index (χ1) is 15.4. The van der Waals surface area contributed by atoms with Crippen LogP contribution in [-0.2, 0) is 23.2 Å². The van der Waals surface area contributed by atoms with Crippen molar-refractivity contribution in [3.63, 3.8) is 0 Å². The predicted molar refractivity (Wildman–Crippen MR) is 108 cm³/mol. The van der Waals surface area contributed by atoms with Gasteiger partial charge >= 0.3 is 6.18 Å². The van der Waals surface area contributed by atoms with Gasteiger partial charge in [0.25, 0.3) is 10.0 Å². The number of anilines is 1. The van der Waals surface area contributed by atoms with Crippen LogP contribution in [-0.4, -0.2) is 46.4 Å². The van der Waals surface area contributed by atoms with Crippen LogP contribution in [0.4, 0.5) is 27.6 Å². The zero-order valence-corrected chi connectivity index (χ0v) is 17.9. The first-order valence-corrected chi connectivity index (χ1v) is 11.1. The van der Waals surface area contributed by atoms with Crippen molar-refractivity contribution < 1.29 is 30.4 Å². The Morgan fingerprint density at radius 3 is 2.45 bits per heavy atom. The third kappa shape index (κ3) is 4.69. The summed E-state index contributed by atoms with van der Waals surface area (Å²) in [6.07, 6.45) is -1.27. The molecule has 3 heterocycles. The highest BCUT2D eigenvalue weighted by atomic mass is 32.2. The van der Waals surface area contributed by atoms with E-state index in [0.29, 0.717) is 17.8 Å². The van der Waals surface area contributed by atoms with Crippen LogP contribution in [0.5, 0.6) is 0 Å². The van der Waals surface area contributed by atoms with Crippen LogP contribution in [0.25, 0.3) is 0 Å². The largest absolute Gasteiger partial charge is 0.419 e. The number of nitrogens with one attached hydrogen (secondary N) is 1. The molecule has 0 radical (unpaired) electrons. The summed E-state index contributed by atoms with van der Waals surface area (Å²) < 4.78 is 95.1. The number of nitrogens with zero attached hydrogens (tertiary/aromatic N) is 4. The van der Waals surface area contributed by atoms with E-state index >= 15 is 0 Å². The van der Waals surface area contributed by atoms with Crippen molar-refractivity contribution in [1.29, 1.82) is 0 Å². The van der Waals surface area contributed by atoms with Crippen molar-refractivity contribution in [3.05, 3.63) is 71.9 Å². The second kappa shape index (κ2) is 8.37. The molecule has 1 saturated heterocycles. The van der Waals surface area contributed by atoms with Gasteiger partial charge in [-0.25, -0.2) is 22.2 Å². The molecule has 0 aliphatic carbocycles. The Labute approximate surface area is 185 Å². The van der Waals surface area contributed by atoms with Crippen molar-refractivity contribution in [2.75, 3.05) is 18.4 Å². The molecule has 2 aromatic heterocycles.